The van der Waals surface area contributed by atoms with Crippen LogP contribution in [-0.2, 0) is 43.2 Å². The third-order valence-electron chi connectivity index (χ3n) is 7.92. The molecule has 0 saturated carbocycles. The summed E-state index contributed by atoms with van der Waals surface area (Å²) >= 11 is 0. The summed E-state index contributed by atoms with van der Waals surface area (Å²) in [6.45, 7) is 3.27. The molecule has 0 aromatic heterocycles. The van der Waals surface area contributed by atoms with E-state index in [1.165, 1.54) is 0 Å². The third kappa shape index (κ3) is 12.1. The Morgan fingerprint density at radius 2 is 0.500 bits per heavy atom. The molecule has 0 fully saturated rings. The first-order valence-electron chi connectivity index (χ1n) is 15.9. The number of ketones is 6. The minimum Gasteiger partial charge on any atom is -0.542 e. The first-order valence-corrected chi connectivity index (χ1v) is 15.9. The molecule has 0 saturated heterocycles. The molecule has 0 aliphatic heterocycles. The summed E-state index contributed by atoms with van der Waals surface area (Å²) in [5, 5.41) is 30.6. The van der Waals surface area contributed by atoms with Crippen molar-refractivity contribution >= 4 is 52.6 Å². The van der Waals surface area contributed by atoms with E-state index in [-0.39, 0.29) is 35.6 Å². The summed E-state index contributed by atoms with van der Waals surface area (Å²) in [5.41, 5.74) is -17.9. The van der Waals surface area contributed by atoms with E-state index in [1.54, 1.807) is 0 Å². The summed E-state index contributed by atoms with van der Waals surface area (Å²) in [4.78, 5) is 96.4. The molecule has 0 amide bonds. The molecule has 0 heterocycles. The molecule has 366 valence electrons. The maximum Gasteiger partial charge on any atom is 3.00 e. The van der Waals surface area contributed by atoms with Crippen molar-refractivity contribution < 1.29 is 186 Å². The van der Waals surface area contributed by atoms with Gasteiger partial charge in [-0.05, 0) is 19.3 Å². The van der Waals surface area contributed by atoms with Crippen LogP contribution < -0.4 is 15.3 Å². The van der Waals surface area contributed by atoms with Crippen LogP contribution in [0.15, 0.2) is 0 Å². The molecule has 64 heavy (non-hydrogen) atoms. The molecule has 0 N–H and O–H groups in total. The van der Waals surface area contributed by atoms with E-state index in [0.29, 0.717) is 0 Å². The first kappa shape index (κ1) is 66.8. The Hall–Kier alpha value is -3.85. The van der Waals surface area contributed by atoms with E-state index in [4.69, 9.17) is 0 Å². The summed E-state index contributed by atoms with van der Waals surface area (Å²) < 4.78 is 272. The maximum absolute atomic E-state index is 13.6. The Morgan fingerprint density at radius 3 is 0.578 bits per heavy atom. The van der Waals surface area contributed by atoms with Gasteiger partial charge in [-0.2, -0.15) is 65.9 Å². The normalized spacial score (nSPS) is 15.4. The number of carbonyl (C=O) groups excluding carboxylic acids is 9. The molecular formula is C30H24F21LaO12. The van der Waals surface area contributed by atoms with Gasteiger partial charge < -0.3 is 29.7 Å². The predicted octanol–water partition coefficient (Wildman–Crippen LogP) is 3.37. The van der Waals surface area contributed by atoms with Gasteiger partial charge in [-0.25, -0.2) is 26.3 Å². The van der Waals surface area contributed by atoms with Crippen LogP contribution in [0.1, 0.15) is 59.3 Å². The van der Waals surface area contributed by atoms with Crippen molar-refractivity contribution in [1.82, 2.24) is 0 Å². The van der Waals surface area contributed by atoms with Gasteiger partial charge in [-0.15, -0.1) is 0 Å². The number of hydrogen-bond acceptors (Lipinski definition) is 12. The SMILES string of the molecule is CCCC(=O)C(F)(F)C(C(=O)C(=O)[O-])(C(F)F)C(F)(F)F.CCCC(=O)C(F)(F)C(C(=O)C(=O)[O-])(C(F)F)C(F)(F)F.CCCC(=O)C(F)(F)C(C(=O)C(=O)[O-])(C(F)F)C(F)(F)F.[La+3]. The van der Waals surface area contributed by atoms with Gasteiger partial charge in [-0.3, -0.25) is 28.8 Å². The van der Waals surface area contributed by atoms with Crippen molar-refractivity contribution in [3.63, 3.8) is 0 Å². The quantitative estimate of drug-likeness (QED) is 0.119. The summed E-state index contributed by atoms with van der Waals surface area (Å²) in [6, 6.07) is 0. The van der Waals surface area contributed by atoms with Crippen LogP contribution in [0, 0.1) is 51.8 Å². The van der Waals surface area contributed by atoms with E-state index in [9.17, 15) is 151 Å². The van der Waals surface area contributed by atoms with Gasteiger partial charge in [0, 0.05) is 19.3 Å². The average Bonchev–Trinajstić information content (AvgIpc) is 3.06. The van der Waals surface area contributed by atoms with Crippen LogP contribution in [0.2, 0.25) is 0 Å². The van der Waals surface area contributed by atoms with Crippen LogP contribution in [-0.4, -0.2) is 108 Å². The predicted molar refractivity (Wildman–Crippen MR) is 148 cm³/mol. The van der Waals surface area contributed by atoms with Gasteiger partial charge in [0.05, 0.1) is 0 Å². The minimum atomic E-state index is -6.69. The van der Waals surface area contributed by atoms with E-state index in [2.05, 4.69) is 0 Å². The molecule has 3 atom stereocenters. The zero-order chi connectivity index (χ0) is 51.7. The molecule has 0 spiro atoms. The monoisotopic (exact) mass is 1110 g/mol. The smallest absolute Gasteiger partial charge is 0.542 e. The van der Waals surface area contributed by atoms with E-state index < -0.39 is 163 Å². The molecule has 0 rings (SSSR count). The van der Waals surface area contributed by atoms with E-state index in [0.717, 1.165) is 20.8 Å². The second-order valence-corrected chi connectivity index (χ2v) is 11.9. The molecule has 12 nitrogen and oxygen atoms in total. The molecule has 0 bridgehead atoms. The number of Topliss-reactive ketones (excluding diaryl/α,β-unsaturated/α-hetero) is 6. The summed E-state index contributed by atoms with van der Waals surface area (Å²) in [7, 11) is 0. The molecule has 0 radical (unpaired) electrons. The number of halogens is 21. The Kier molecular flexibility index (Phi) is 24.6. The van der Waals surface area contributed by atoms with Crippen molar-refractivity contribution in [3.8, 4) is 0 Å². The van der Waals surface area contributed by atoms with E-state index in [1.807, 2.05) is 0 Å². The number of hydrogen-bond donors (Lipinski definition) is 0. The number of alkyl halides is 21. The molecule has 0 aliphatic rings. The van der Waals surface area contributed by atoms with Gasteiger partial charge in [-0.1, -0.05) is 20.8 Å². The van der Waals surface area contributed by atoms with Gasteiger partial charge in [0.1, 0.15) is 17.9 Å². The maximum atomic E-state index is 13.6. The van der Waals surface area contributed by atoms with Gasteiger partial charge in [0.2, 0.25) is 34.7 Å². The Bertz CT molecular complexity index is 1530. The van der Waals surface area contributed by atoms with Crippen molar-refractivity contribution in [3.05, 3.63) is 0 Å². The van der Waals surface area contributed by atoms with Crippen molar-refractivity contribution in [1.29, 1.82) is 0 Å². The number of rotatable bonds is 21. The van der Waals surface area contributed by atoms with Crippen molar-refractivity contribution in [2.45, 2.75) is 115 Å². The second-order valence-electron chi connectivity index (χ2n) is 11.9. The zero-order valence-electron chi connectivity index (χ0n) is 31.4. The fourth-order valence-electron chi connectivity index (χ4n) is 4.72. The second kappa shape index (κ2) is 23.6. The van der Waals surface area contributed by atoms with Gasteiger partial charge >= 0.3 is 71.9 Å². The molecule has 3 unspecified atom stereocenters. The Balaban J connectivity index is -0.000000419. The van der Waals surface area contributed by atoms with Crippen LogP contribution in [0.5, 0.6) is 0 Å². The average molecular weight is 1110 g/mol. The van der Waals surface area contributed by atoms with Gasteiger partial charge in [0.25, 0.3) is 35.5 Å². The number of carboxylic acid groups (broad SMARTS) is 3. The van der Waals surface area contributed by atoms with Crippen LogP contribution in [0.25, 0.3) is 0 Å². The summed E-state index contributed by atoms with van der Waals surface area (Å²) in [6.07, 6.45) is -40.6. The number of carbonyl (C=O) groups is 9. The number of aliphatic carboxylic acids is 3. The van der Waals surface area contributed by atoms with E-state index >= 15 is 0 Å². The first-order chi connectivity index (χ1) is 27.8. The topological polar surface area (TPSA) is 223 Å². The molecule has 0 aromatic rings. The van der Waals surface area contributed by atoms with Crippen LogP contribution in [0.3, 0.4) is 0 Å². The molecule has 0 aromatic carbocycles. The Morgan fingerprint density at radius 1 is 0.359 bits per heavy atom. The van der Waals surface area contributed by atoms with Gasteiger partial charge in [0.15, 0.2) is 0 Å². The van der Waals surface area contributed by atoms with Crippen LogP contribution in [0.4, 0.5) is 92.2 Å². The third-order valence-corrected chi connectivity index (χ3v) is 7.92. The number of carboxylic acids is 3. The van der Waals surface area contributed by atoms with Crippen molar-refractivity contribution in [2.75, 3.05) is 0 Å². The van der Waals surface area contributed by atoms with Crippen molar-refractivity contribution in [2.24, 2.45) is 16.2 Å². The fraction of sp³-hybridized carbons (Fsp3) is 0.700. The largest absolute Gasteiger partial charge is 3.00 e. The van der Waals surface area contributed by atoms with Crippen LogP contribution >= 0.6 is 0 Å². The standard InChI is InChI=1S/3C10H9F7O4.La/c3*1-2-3-4(18)9(13,14)8(7(11)12,10(15,16)17)5(19)6(20)21;/h3*7H,2-3H2,1H3,(H,20,21);/q;;;+3/p-3. The molecular weight excluding hydrogens is 1090 g/mol. The zero-order valence-corrected chi connectivity index (χ0v) is 35.0. The molecule has 34 heteroatoms. The minimum absolute atomic E-state index is 0. The fourth-order valence-corrected chi connectivity index (χ4v) is 4.72. The Labute approximate surface area is 369 Å². The summed E-state index contributed by atoms with van der Waals surface area (Å²) in [5.74, 6) is -46.7. The molecule has 0 aliphatic carbocycles.